The standard InChI is InChI=1S/C13H17N3O3/c14-6-10-5-12(17)16(8-10)11(13(18)19)4-9-2-1-3-15-7-9/h1-3,7,10-11H,4-6,8,14H2,(H,18,19). The van der Waals surface area contributed by atoms with Gasteiger partial charge in [-0.15, -0.1) is 0 Å². The molecule has 6 heteroatoms. The zero-order valence-corrected chi connectivity index (χ0v) is 10.5. The van der Waals surface area contributed by atoms with Crippen molar-refractivity contribution >= 4 is 11.9 Å². The first-order valence-corrected chi connectivity index (χ1v) is 6.23. The van der Waals surface area contributed by atoms with Gasteiger partial charge in [0.05, 0.1) is 0 Å². The molecule has 6 nitrogen and oxygen atoms in total. The Balaban J connectivity index is 2.13. The van der Waals surface area contributed by atoms with E-state index >= 15 is 0 Å². The minimum atomic E-state index is -0.991. The summed E-state index contributed by atoms with van der Waals surface area (Å²) in [6.07, 6.45) is 3.86. The second-order valence-corrected chi connectivity index (χ2v) is 4.77. The summed E-state index contributed by atoms with van der Waals surface area (Å²) < 4.78 is 0. The lowest BCUT2D eigenvalue weighted by molar-refractivity contribution is -0.148. The summed E-state index contributed by atoms with van der Waals surface area (Å²) in [5.74, 6) is -1.06. The molecule has 0 aliphatic carbocycles. The molecule has 2 heterocycles. The van der Waals surface area contributed by atoms with Crippen LogP contribution in [-0.4, -0.2) is 46.0 Å². The lowest BCUT2D eigenvalue weighted by Gasteiger charge is -2.24. The molecular weight excluding hydrogens is 246 g/mol. The number of nitrogens with zero attached hydrogens (tertiary/aromatic N) is 2. The van der Waals surface area contributed by atoms with E-state index in [1.54, 1.807) is 18.5 Å². The lowest BCUT2D eigenvalue weighted by Crippen LogP contribution is -2.44. The number of nitrogens with two attached hydrogens (primary N) is 1. The van der Waals surface area contributed by atoms with Crippen molar-refractivity contribution < 1.29 is 14.7 Å². The molecule has 3 N–H and O–H groups in total. The maximum absolute atomic E-state index is 11.9. The Morgan fingerprint density at radius 1 is 1.63 bits per heavy atom. The summed E-state index contributed by atoms with van der Waals surface area (Å²) >= 11 is 0. The fourth-order valence-corrected chi connectivity index (χ4v) is 2.34. The maximum atomic E-state index is 11.9. The predicted octanol–water partition coefficient (Wildman–Crippen LogP) is -0.116. The number of rotatable bonds is 5. The first-order chi connectivity index (χ1) is 9.11. The van der Waals surface area contributed by atoms with E-state index in [-0.39, 0.29) is 18.2 Å². The van der Waals surface area contributed by atoms with Gasteiger partial charge in [-0.25, -0.2) is 4.79 Å². The van der Waals surface area contributed by atoms with Crippen LogP contribution >= 0.6 is 0 Å². The van der Waals surface area contributed by atoms with E-state index in [0.29, 0.717) is 19.5 Å². The molecule has 1 aromatic rings. The molecule has 0 bridgehead atoms. The van der Waals surface area contributed by atoms with E-state index in [4.69, 9.17) is 5.73 Å². The highest BCUT2D eigenvalue weighted by Crippen LogP contribution is 2.21. The van der Waals surface area contributed by atoms with Gasteiger partial charge in [0.15, 0.2) is 0 Å². The summed E-state index contributed by atoms with van der Waals surface area (Å²) in [5.41, 5.74) is 6.36. The van der Waals surface area contributed by atoms with Gasteiger partial charge in [0.2, 0.25) is 5.91 Å². The third-order valence-corrected chi connectivity index (χ3v) is 3.38. The molecule has 102 valence electrons. The van der Waals surface area contributed by atoms with Gasteiger partial charge in [0, 0.05) is 31.8 Å². The Bertz CT molecular complexity index is 463. The van der Waals surface area contributed by atoms with E-state index in [1.807, 2.05) is 6.07 Å². The zero-order chi connectivity index (χ0) is 13.8. The molecule has 1 saturated heterocycles. The van der Waals surface area contributed by atoms with Gasteiger partial charge in [-0.2, -0.15) is 0 Å². The molecule has 2 unspecified atom stereocenters. The van der Waals surface area contributed by atoms with Crippen LogP contribution in [0, 0.1) is 5.92 Å². The molecule has 2 rings (SSSR count). The van der Waals surface area contributed by atoms with Crippen molar-refractivity contribution in [2.45, 2.75) is 18.9 Å². The van der Waals surface area contributed by atoms with E-state index in [2.05, 4.69) is 4.98 Å². The van der Waals surface area contributed by atoms with Crippen LogP contribution in [0.25, 0.3) is 0 Å². The molecule has 19 heavy (non-hydrogen) atoms. The van der Waals surface area contributed by atoms with E-state index < -0.39 is 12.0 Å². The second kappa shape index (κ2) is 5.79. The number of aliphatic carboxylic acids is 1. The Labute approximate surface area is 111 Å². The quantitative estimate of drug-likeness (QED) is 0.772. The van der Waals surface area contributed by atoms with Gasteiger partial charge in [0.1, 0.15) is 6.04 Å². The third-order valence-electron chi connectivity index (χ3n) is 3.38. The SMILES string of the molecule is NCC1CC(=O)N(C(Cc2cccnc2)C(=O)O)C1. The zero-order valence-electron chi connectivity index (χ0n) is 10.5. The molecule has 0 spiro atoms. The molecule has 1 aliphatic heterocycles. The summed E-state index contributed by atoms with van der Waals surface area (Å²) in [4.78, 5) is 28.6. The van der Waals surface area contributed by atoms with Gasteiger partial charge in [-0.05, 0) is 24.1 Å². The summed E-state index contributed by atoms with van der Waals surface area (Å²) in [7, 11) is 0. The predicted molar refractivity (Wildman–Crippen MR) is 68.2 cm³/mol. The van der Waals surface area contributed by atoms with Crippen molar-refractivity contribution in [2.24, 2.45) is 11.7 Å². The van der Waals surface area contributed by atoms with Gasteiger partial charge >= 0.3 is 5.97 Å². The van der Waals surface area contributed by atoms with Crippen LogP contribution in [0.1, 0.15) is 12.0 Å². The number of pyridine rings is 1. The maximum Gasteiger partial charge on any atom is 0.326 e. The minimum Gasteiger partial charge on any atom is -0.480 e. The van der Waals surface area contributed by atoms with Crippen LogP contribution in [-0.2, 0) is 16.0 Å². The normalized spacial score (nSPS) is 20.6. The highest BCUT2D eigenvalue weighted by molar-refractivity contribution is 5.85. The van der Waals surface area contributed by atoms with Crippen LogP contribution in [0.2, 0.25) is 0 Å². The number of carboxylic acid groups (broad SMARTS) is 1. The van der Waals surface area contributed by atoms with Crippen molar-refractivity contribution in [2.75, 3.05) is 13.1 Å². The largest absolute Gasteiger partial charge is 0.480 e. The number of hydrogen-bond acceptors (Lipinski definition) is 4. The fraction of sp³-hybridized carbons (Fsp3) is 0.462. The van der Waals surface area contributed by atoms with Crippen LogP contribution in [0.15, 0.2) is 24.5 Å². The van der Waals surface area contributed by atoms with Crippen molar-refractivity contribution in [3.63, 3.8) is 0 Å². The molecule has 2 atom stereocenters. The number of amides is 1. The molecule has 1 aliphatic rings. The van der Waals surface area contributed by atoms with Crippen molar-refractivity contribution in [1.29, 1.82) is 0 Å². The number of carbonyl (C=O) groups excluding carboxylic acids is 1. The number of likely N-dealkylation sites (tertiary alicyclic amines) is 1. The Morgan fingerprint density at radius 3 is 2.95 bits per heavy atom. The molecule has 0 aromatic carbocycles. The first-order valence-electron chi connectivity index (χ1n) is 6.23. The van der Waals surface area contributed by atoms with Gasteiger partial charge in [0.25, 0.3) is 0 Å². The molecule has 1 aromatic heterocycles. The number of hydrogen-bond donors (Lipinski definition) is 2. The molecule has 1 fully saturated rings. The van der Waals surface area contributed by atoms with E-state index in [1.165, 1.54) is 4.90 Å². The van der Waals surface area contributed by atoms with Gasteiger partial charge in [-0.1, -0.05) is 6.07 Å². The highest BCUT2D eigenvalue weighted by atomic mass is 16.4. The average Bonchev–Trinajstić information content (AvgIpc) is 2.78. The monoisotopic (exact) mass is 263 g/mol. The van der Waals surface area contributed by atoms with E-state index in [9.17, 15) is 14.7 Å². The van der Waals surface area contributed by atoms with Crippen molar-refractivity contribution in [1.82, 2.24) is 9.88 Å². The van der Waals surface area contributed by atoms with E-state index in [0.717, 1.165) is 5.56 Å². The lowest BCUT2D eigenvalue weighted by atomic mass is 10.1. The summed E-state index contributed by atoms with van der Waals surface area (Å²) in [5, 5.41) is 9.33. The van der Waals surface area contributed by atoms with Gasteiger partial charge < -0.3 is 15.7 Å². The number of aromatic nitrogens is 1. The second-order valence-electron chi connectivity index (χ2n) is 4.77. The van der Waals surface area contributed by atoms with Crippen LogP contribution in [0.4, 0.5) is 0 Å². The summed E-state index contributed by atoms with van der Waals surface area (Å²) in [6, 6.07) is 2.72. The topological polar surface area (TPSA) is 96.5 Å². The number of carbonyl (C=O) groups is 2. The molecular formula is C13H17N3O3. The van der Waals surface area contributed by atoms with Gasteiger partial charge in [-0.3, -0.25) is 9.78 Å². The molecule has 0 saturated carbocycles. The first kappa shape index (κ1) is 13.5. The minimum absolute atomic E-state index is 0.0586. The van der Waals surface area contributed by atoms with Crippen LogP contribution in [0.3, 0.4) is 0 Å². The van der Waals surface area contributed by atoms with Crippen LogP contribution < -0.4 is 5.73 Å². The Morgan fingerprint density at radius 2 is 2.42 bits per heavy atom. The molecule has 0 radical (unpaired) electrons. The van der Waals surface area contributed by atoms with Crippen LogP contribution in [0.5, 0.6) is 0 Å². The third kappa shape index (κ3) is 3.08. The highest BCUT2D eigenvalue weighted by Gasteiger charge is 2.37. The smallest absolute Gasteiger partial charge is 0.326 e. The fourth-order valence-electron chi connectivity index (χ4n) is 2.34. The Kier molecular flexibility index (Phi) is 4.11. The summed E-state index contributed by atoms with van der Waals surface area (Å²) in [6.45, 7) is 0.827. The van der Waals surface area contributed by atoms with Crippen molar-refractivity contribution in [3.05, 3.63) is 30.1 Å². The number of carboxylic acids is 1. The molecule has 1 amide bonds. The average molecular weight is 263 g/mol. The van der Waals surface area contributed by atoms with Crippen molar-refractivity contribution in [3.8, 4) is 0 Å². The Hall–Kier alpha value is -1.95.